The third-order valence-electron chi connectivity index (χ3n) is 8.51. The molecule has 1 heterocycles. The number of carbonyl (C=O) groups is 3. The quantitative estimate of drug-likeness (QED) is 0.262. The number of hydrogen-bond acceptors (Lipinski definition) is 5. The summed E-state index contributed by atoms with van der Waals surface area (Å²) in [6, 6.07) is 26.3. The third kappa shape index (κ3) is 10.1. The standard InChI is InChI=1S/C38H49N5O3/c1-38(2,39)24-14-19-35(44)41(3)34(28-30-20-22-32(23-21-30)31-17-10-6-11-18-31)37(46)42(4)33(27-29-15-8-5-9-16-29)36(45)40-43-25-12-7-13-26-43/h5-6,8-11,14-23,33-34H,7,12-13,24-28,39H2,1-4H3,(H,40,45)/b19-14-/t33-,34-/m1/s1. The number of likely N-dealkylation sites (N-methyl/N-ethyl adjacent to an activating group) is 2. The summed E-state index contributed by atoms with van der Waals surface area (Å²) in [7, 11) is 3.32. The van der Waals surface area contributed by atoms with Crippen LogP contribution in [-0.4, -0.2) is 77.3 Å². The second-order valence-corrected chi connectivity index (χ2v) is 13.0. The first kappa shape index (κ1) is 34.6. The van der Waals surface area contributed by atoms with E-state index in [0.717, 1.165) is 54.6 Å². The van der Waals surface area contributed by atoms with Crippen LogP contribution in [0.15, 0.2) is 97.1 Å². The molecule has 3 amide bonds. The fourth-order valence-corrected chi connectivity index (χ4v) is 5.68. The lowest BCUT2D eigenvalue weighted by atomic mass is 9.98. The van der Waals surface area contributed by atoms with Crippen LogP contribution < -0.4 is 11.2 Å². The summed E-state index contributed by atoms with van der Waals surface area (Å²) < 4.78 is 0. The van der Waals surface area contributed by atoms with Crippen molar-refractivity contribution in [3.63, 3.8) is 0 Å². The van der Waals surface area contributed by atoms with Crippen molar-refractivity contribution in [2.45, 2.75) is 70.0 Å². The lowest BCUT2D eigenvalue weighted by Crippen LogP contribution is -2.58. The zero-order chi connectivity index (χ0) is 33.1. The number of rotatable bonds is 13. The van der Waals surface area contributed by atoms with Gasteiger partial charge in [-0.2, -0.15) is 0 Å². The SMILES string of the molecule is CN(C(=O)/C=C\CC(C)(C)N)[C@H](Cc1ccc(-c2ccccc2)cc1)C(=O)N(C)[C@H](Cc1ccccc1)C(=O)NN1CCCCC1. The van der Waals surface area contributed by atoms with E-state index < -0.39 is 17.6 Å². The molecule has 0 saturated carbocycles. The molecule has 2 atom stereocenters. The van der Waals surface area contributed by atoms with Crippen molar-refractivity contribution in [1.82, 2.24) is 20.2 Å². The van der Waals surface area contributed by atoms with Crippen molar-refractivity contribution in [3.05, 3.63) is 108 Å². The van der Waals surface area contributed by atoms with Gasteiger partial charge in [0, 0.05) is 45.6 Å². The minimum atomic E-state index is -0.836. The monoisotopic (exact) mass is 623 g/mol. The van der Waals surface area contributed by atoms with Crippen LogP contribution in [-0.2, 0) is 27.2 Å². The van der Waals surface area contributed by atoms with Gasteiger partial charge in [-0.1, -0.05) is 97.4 Å². The van der Waals surface area contributed by atoms with E-state index in [1.54, 1.807) is 20.2 Å². The van der Waals surface area contributed by atoms with E-state index >= 15 is 0 Å². The maximum Gasteiger partial charge on any atom is 0.257 e. The van der Waals surface area contributed by atoms with Crippen molar-refractivity contribution in [1.29, 1.82) is 0 Å². The largest absolute Gasteiger partial charge is 0.332 e. The Labute approximate surface area is 274 Å². The number of benzene rings is 3. The Bertz CT molecular complexity index is 1450. The van der Waals surface area contributed by atoms with Crippen molar-refractivity contribution in [2.75, 3.05) is 27.2 Å². The van der Waals surface area contributed by atoms with Crippen LogP contribution in [0, 0.1) is 0 Å². The van der Waals surface area contributed by atoms with Crippen LogP contribution in [0.5, 0.6) is 0 Å². The predicted molar refractivity (Wildman–Crippen MR) is 184 cm³/mol. The van der Waals surface area contributed by atoms with Crippen molar-refractivity contribution < 1.29 is 14.4 Å². The second-order valence-electron chi connectivity index (χ2n) is 13.0. The Hall–Kier alpha value is -4.27. The predicted octanol–water partition coefficient (Wildman–Crippen LogP) is 4.99. The van der Waals surface area contributed by atoms with Crippen LogP contribution in [0.3, 0.4) is 0 Å². The van der Waals surface area contributed by atoms with Gasteiger partial charge in [-0.3, -0.25) is 19.8 Å². The molecular weight excluding hydrogens is 574 g/mol. The zero-order valence-electron chi connectivity index (χ0n) is 27.7. The highest BCUT2D eigenvalue weighted by atomic mass is 16.2. The molecule has 0 radical (unpaired) electrons. The Morgan fingerprint density at radius 1 is 0.783 bits per heavy atom. The molecule has 244 valence electrons. The normalized spacial score (nSPS) is 15.2. The highest BCUT2D eigenvalue weighted by Crippen LogP contribution is 2.22. The van der Waals surface area contributed by atoms with Gasteiger partial charge in [0.05, 0.1) is 0 Å². The van der Waals surface area contributed by atoms with Crippen molar-refractivity contribution in [2.24, 2.45) is 5.73 Å². The Morgan fingerprint density at radius 3 is 1.93 bits per heavy atom. The summed E-state index contributed by atoms with van der Waals surface area (Å²) >= 11 is 0. The maximum atomic E-state index is 14.4. The third-order valence-corrected chi connectivity index (χ3v) is 8.51. The molecule has 0 bridgehead atoms. The first-order chi connectivity index (χ1) is 22.0. The number of hydrogen-bond donors (Lipinski definition) is 2. The highest BCUT2D eigenvalue weighted by molar-refractivity contribution is 5.95. The molecule has 8 heteroatoms. The van der Waals surface area contributed by atoms with E-state index in [2.05, 4.69) is 17.6 Å². The Kier molecular flexibility index (Phi) is 12.3. The molecule has 1 saturated heterocycles. The Balaban J connectivity index is 1.61. The minimum absolute atomic E-state index is 0.230. The topological polar surface area (TPSA) is 99.0 Å². The van der Waals surface area contributed by atoms with Gasteiger partial charge in [0.1, 0.15) is 12.1 Å². The number of hydrazine groups is 1. The molecule has 1 fully saturated rings. The molecule has 0 aromatic heterocycles. The van der Waals surface area contributed by atoms with Gasteiger partial charge in [-0.15, -0.1) is 0 Å². The molecule has 4 rings (SSSR count). The second kappa shape index (κ2) is 16.3. The number of nitrogens with two attached hydrogens (primary N) is 1. The number of amides is 3. The molecule has 1 aliphatic heterocycles. The summed E-state index contributed by atoms with van der Waals surface area (Å²) in [4.78, 5) is 44.7. The summed E-state index contributed by atoms with van der Waals surface area (Å²) in [5, 5.41) is 1.95. The van der Waals surface area contributed by atoms with Crippen LogP contribution >= 0.6 is 0 Å². The summed E-state index contributed by atoms with van der Waals surface area (Å²) in [5.41, 5.74) is 12.8. The molecule has 3 aromatic carbocycles. The fourth-order valence-electron chi connectivity index (χ4n) is 5.68. The van der Waals surface area contributed by atoms with E-state index in [4.69, 9.17) is 5.73 Å². The fraction of sp³-hybridized carbons (Fsp3) is 0.395. The zero-order valence-corrected chi connectivity index (χ0v) is 27.7. The molecule has 8 nitrogen and oxygen atoms in total. The Morgan fingerprint density at radius 2 is 1.33 bits per heavy atom. The molecule has 0 aliphatic carbocycles. The molecule has 46 heavy (non-hydrogen) atoms. The summed E-state index contributed by atoms with van der Waals surface area (Å²) in [5.74, 6) is -0.828. The maximum absolute atomic E-state index is 14.4. The van der Waals surface area contributed by atoms with Crippen LogP contribution in [0.4, 0.5) is 0 Å². The first-order valence-electron chi connectivity index (χ1n) is 16.2. The van der Waals surface area contributed by atoms with Crippen LogP contribution in [0.1, 0.15) is 50.7 Å². The van der Waals surface area contributed by atoms with Crippen LogP contribution in [0.2, 0.25) is 0 Å². The van der Waals surface area contributed by atoms with E-state index in [1.807, 2.05) is 91.7 Å². The van der Waals surface area contributed by atoms with Gasteiger partial charge in [0.2, 0.25) is 11.8 Å². The molecule has 3 N–H and O–H groups in total. The minimum Gasteiger partial charge on any atom is -0.332 e. The molecule has 3 aromatic rings. The first-order valence-corrected chi connectivity index (χ1v) is 16.2. The number of nitrogens with zero attached hydrogens (tertiary/aromatic N) is 3. The smallest absolute Gasteiger partial charge is 0.257 e. The van der Waals surface area contributed by atoms with Crippen molar-refractivity contribution >= 4 is 17.7 Å². The van der Waals surface area contributed by atoms with E-state index in [0.29, 0.717) is 19.3 Å². The van der Waals surface area contributed by atoms with Gasteiger partial charge >= 0.3 is 0 Å². The van der Waals surface area contributed by atoms with Gasteiger partial charge in [0.15, 0.2) is 0 Å². The molecule has 0 spiro atoms. The number of piperidine rings is 1. The van der Waals surface area contributed by atoms with Gasteiger partial charge in [-0.25, -0.2) is 5.01 Å². The van der Waals surface area contributed by atoms with Gasteiger partial charge in [0.25, 0.3) is 5.91 Å². The van der Waals surface area contributed by atoms with Crippen LogP contribution in [0.25, 0.3) is 11.1 Å². The molecule has 0 unspecified atom stereocenters. The number of nitrogens with one attached hydrogen (secondary N) is 1. The molecule has 1 aliphatic rings. The molecular formula is C38H49N5O3. The summed E-state index contributed by atoms with van der Waals surface area (Å²) in [6.07, 6.45) is 7.58. The van der Waals surface area contributed by atoms with Gasteiger partial charge in [-0.05, 0) is 61.4 Å². The van der Waals surface area contributed by atoms with Crippen molar-refractivity contribution in [3.8, 4) is 11.1 Å². The average molecular weight is 624 g/mol. The van der Waals surface area contributed by atoms with Gasteiger partial charge < -0.3 is 15.5 Å². The van der Waals surface area contributed by atoms with E-state index in [1.165, 1.54) is 15.9 Å². The highest BCUT2D eigenvalue weighted by Gasteiger charge is 2.35. The summed E-state index contributed by atoms with van der Waals surface area (Å²) in [6.45, 7) is 5.36. The lowest BCUT2D eigenvalue weighted by molar-refractivity contribution is -0.147. The average Bonchev–Trinajstić information content (AvgIpc) is 3.06. The number of carbonyl (C=O) groups excluding carboxylic acids is 3. The van der Waals surface area contributed by atoms with E-state index in [9.17, 15) is 14.4 Å². The lowest BCUT2D eigenvalue weighted by Gasteiger charge is -2.36. The van der Waals surface area contributed by atoms with E-state index in [-0.39, 0.29) is 17.7 Å².